The van der Waals surface area contributed by atoms with E-state index in [0.29, 0.717) is 10.8 Å². The molecule has 1 amide bonds. The maximum atomic E-state index is 13.1. The van der Waals surface area contributed by atoms with E-state index in [1.165, 1.54) is 41.7 Å². The molecular formula is C25H15N3O4S2. The van der Waals surface area contributed by atoms with Gasteiger partial charge in [0, 0.05) is 44.7 Å². The summed E-state index contributed by atoms with van der Waals surface area (Å²) in [5.74, 6) is -0.889. The number of anilines is 1. The van der Waals surface area contributed by atoms with Crippen molar-refractivity contribution in [2.75, 3.05) is 5.32 Å². The first-order valence-electron chi connectivity index (χ1n) is 10.3. The number of sulfone groups is 1. The Labute approximate surface area is 198 Å². The van der Waals surface area contributed by atoms with Gasteiger partial charge in [-0.2, -0.15) is 0 Å². The van der Waals surface area contributed by atoms with Gasteiger partial charge >= 0.3 is 0 Å². The first kappa shape index (κ1) is 20.5. The summed E-state index contributed by atoms with van der Waals surface area (Å²) in [5.41, 5.74) is 2.95. The molecule has 0 bridgehead atoms. The highest BCUT2D eigenvalue weighted by Crippen LogP contribution is 2.35. The van der Waals surface area contributed by atoms with E-state index in [1.54, 1.807) is 12.1 Å². The molecule has 0 radical (unpaired) electrons. The fourth-order valence-corrected chi connectivity index (χ4v) is 6.52. The van der Waals surface area contributed by atoms with Gasteiger partial charge in [0.1, 0.15) is 0 Å². The molecule has 5 aromatic rings. The van der Waals surface area contributed by atoms with E-state index in [-0.39, 0.29) is 32.3 Å². The van der Waals surface area contributed by atoms with Gasteiger partial charge in [-0.3, -0.25) is 14.9 Å². The van der Waals surface area contributed by atoms with Crippen molar-refractivity contribution >= 4 is 48.9 Å². The molecule has 1 aliphatic rings. The van der Waals surface area contributed by atoms with Crippen LogP contribution in [-0.4, -0.2) is 30.1 Å². The van der Waals surface area contributed by atoms with Gasteiger partial charge in [0.25, 0.3) is 5.91 Å². The van der Waals surface area contributed by atoms with Crippen molar-refractivity contribution in [3.8, 4) is 11.3 Å². The number of fused-ring (bicyclic) bond motifs is 3. The number of benzene rings is 3. The van der Waals surface area contributed by atoms with E-state index in [1.807, 2.05) is 35.8 Å². The maximum Gasteiger partial charge on any atom is 0.257 e. The van der Waals surface area contributed by atoms with Crippen LogP contribution >= 0.6 is 11.3 Å². The quantitative estimate of drug-likeness (QED) is 0.370. The predicted molar refractivity (Wildman–Crippen MR) is 129 cm³/mol. The highest BCUT2D eigenvalue weighted by atomic mass is 32.2. The van der Waals surface area contributed by atoms with Crippen molar-refractivity contribution in [2.45, 2.75) is 9.79 Å². The number of ketones is 1. The van der Waals surface area contributed by atoms with Crippen LogP contribution in [0.25, 0.3) is 22.2 Å². The van der Waals surface area contributed by atoms with E-state index in [9.17, 15) is 18.0 Å². The smallest absolute Gasteiger partial charge is 0.257 e. The largest absolute Gasteiger partial charge is 0.360 e. The number of aromatic nitrogens is 2. The Hall–Kier alpha value is -4.08. The lowest BCUT2D eigenvalue weighted by atomic mass is 10.0. The van der Waals surface area contributed by atoms with Crippen LogP contribution in [0.3, 0.4) is 0 Å². The molecule has 0 saturated heterocycles. The number of amides is 1. The summed E-state index contributed by atoms with van der Waals surface area (Å²) in [5, 5.41) is 5.98. The molecule has 3 aromatic carbocycles. The summed E-state index contributed by atoms with van der Waals surface area (Å²) in [7, 11) is -3.93. The molecule has 0 spiro atoms. The van der Waals surface area contributed by atoms with E-state index < -0.39 is 15.7 Å². The average molecular weight is 486 g/mol. The molecule has 0 unspecified atom stereocenters. The second kappa shape index (κ2) is 7.47. The van der Waals surface area contributed by atoms with Crippen LogP contribution in [0.2, 0.25) is 0 Å². The second-order valence-corrected chi connectivity index (χ2v) is 10.5. The molecule has 3 heterocycles. The zero-order chi connectivity index (χ0) is 23.4. The van der Waals surface area contributed by atoms with E-state index in [0.717, 1.165) is 16.5 Å². The van der Waals surface area contributed by atoms with Crippen molar-refractivity contribution in [2.24, 2.45) is 0 Å². The zero-order valence-corrected chi connectivity index (χ0v) is 19.0. The van der Waals surface area contributed by atoms with Crippen molar-refractivity contribution in [1.82, 2.24) is 9.97 Å². The van der Waals surface area contributed by atoms with E-state index in [4.69, 9.17) is 0 Å². The summed E-state index contributed by atoms with van der Waals surface area (Å²) in [6, 6.07) is 18.0. The number of para-hydroxylation sites is 1. The Morgan fingerprint density at radius 1 is 0.912 bits per heavy atom. The van der Waals surface area contributed by atoms with Gasteiger partial charge in [-0.05, 0) is 36.4 Å². The number of H-pyrrole nitrogens is 1. The normalized spacial score (nSPS) is 13.9. The first-order chi connectivity index (χ1) is 16.4. The van der Waals surface area contributed by atoms with Crippen molar-refractivity contribution in [3.63, 3.8) is 0 Å². The van der Waals surface area contributed by atoms with Gasteiger partial charge in [0.05, 0.1) is 15.5 Å². The topological polar surface area (TPSA) is 109 Å². The summed E-state index contributed by atoms with van der Waals surface area (Å²) < 4.78 is 26.2. The fraction of sp³-hybridized carbons (Fsp3) is 0. The van der Waals surface area contributed by atoms with E-state index in [2.05, 4.69) is 15.3 Å². The van der Waals surface area contributed by atoms with Gasteiger partial charge < -0.3 is 4.98 Å². The number of carbonyl (C=O) groups is 2. The molecule has 7 nitrogen and oxygen atoms in total. The van der Waals surface area contributed by atoms with Crippen LogP contribution < -0.4 is 5.32 Å². The Bertz CT molecular complexity index is 1750. The van der Waals surface area contributed by atoms with Crippen LogP contribution in [0.1, 0.15) is 26.3 Å². The summed E-state index contributed by atoms with van der Waals surface area (Å²) >= 11 is 1.27. The number of rotatable bonds is 3. The molecular weight excluding hydrogens is 470 g/mol. The highest BCUT2D eigenvalue weighted by molar-refractivity contribution is 7.91. The van der Waals surface area contributed by atoms with Gasteiger partial charge in [0.2, 0.25) is 9.84 Å². The lowest BCUT2D eigenvalue weighted by Crippen LogP contribution is -2.21. The highest BCUT2D eigenvalue weighted by Gasteiger charge is 2.35. The lowest BCUT2D eigenvalue weighted by Gasteiger charge is -2.19. The summed E-state index contributed by atoms with van der Waals surface area (Å²) in [6.07, 6.45) is 1.87. The molecule has 9 heteroatoms. The Kier molecular flexibility index (Phi) is 4.51. The third kappa shape index (κ3) is 3.09. The number of hydrogen-bond donors (Lipinski definition) is 2. The van der Waals surface area contributed by atoms with Crippen LogP contribution in [0, 0.1) is 0 Å². The predicted octanol–water partition coefficient (Wildman–Crippen LogP) is 4.92. The second-order valence-electron chi connectivity index (χ2n) is 7.78. The van der Waals surface area contributed by atoms with Gasteiger partial charge in [-0.1, -0.05) is 30.3 Å². The zero-order valence-electron chi connectivity index (χ0n) is 17.4. The Balaban J connectivity index is 1.31. The minimum atomic E-state index is -3.93. The Morgan fingerprint density at radius 3 is 2.56 bits per heavy atom. The number of nitrogens with zero attached hydrogens (tertiary/aromatic N) is 1. The molecule has 34 heavy (non-hydrogen) atoms. The molecule has 0 saturated carbocycles. The molecule has 6 rings (SSSR count). The number of hydrogen-bond acceptors (Lipinski definition) is 6. The fourth-order valence-electron chi connectivity index (χ4n) is 4.13. The standard InChI is InChI=1S/C25H15N3O4S2/c29-23-16-6-2-4-8-21(16)34(31,32)22-11-14(9-10-17(22)23)24(30)28-25-27-20(13-33-25)18-12-26-19-7-3-1-5-15(18)19/h1-13,26H,(H,27,28,30). The number of thiazole rings is 1. The van der Waals surface area contributed by atoms with Crippen molar-refractivity contribution in [3.05, 3.63) is 95.0 Å². The minimum absolute atomic E-state index is 0.0478. The number of aromatic amines is 1. The minimum Gasteiger partial charge on any atom is -0.360 e. The number of carbonyl (C=O) groups excluding carboxylic acids is 2. The lowest BCUT2D eigenvalue weighted by molar-refractivity contribution is 0.101. The van der Waals surface area contributed by atoms with Crippen LogP contribution in [0.4, 0.5) is 5.13 Å². The van der Waals surface area contributed by atoms with Crippen molar-refractivity contribution in [1.29, 1.82) is 0 Å². The molecule has 2 N–H and O–H groups in total. The molecule has 0 aliphatic carbocycles. The third-order valence-corrected chi connectivity index (χ3v) is 8.40. The molecule has 166 valence electrons. The first-order valence-corrected chi connectivity index (χ1v) is 12.7. The van der Waals surface area contributed by atoms with Crippen LogP contribution in [-0.2, 0) is 9.84 Å². The SMILES string of the molecule is O=C(Nc1nc(-c2c[nH]c3ccccc23)cs1)c1ccc2c(c1)S(=O)(=O)c1ccccc1C2=O. The Morgan fingerprint density at radius 2 is 1.68 bits per heavy atom. The molecule has 0 fully saturated rings. The number of nitrogens with one attached hydrogen (secondary N) is 2. The van der Waals surface area contributed by atoms with Gasteiger partial charge in [0.15, 0.2) is 10.9 Å². The van der Waals surface area contributed by atoms with E-state index >= 15 is 0 Å². The van der Waals surface area contributed by atoms with Crippen LogP contribution in [0.5, 0.6) is 0 Å². The van der Waals surface area contributed by atoms with Crippen LogP contribution in [0.15, 0.2) is 88.1 Å². The average Bonchev–Trinajstić information content (AvgIpc) is 3.49. The summed E-state index contributed by atoms with van der Waals surface area (Å²) in [4.78, 5) is 33.2. The maximum absolute atomic E-state index is 13.1. The summed E-state index contributed by atoms with van der Waals surface area (Å²) in [6.45, 7) is 0. The van der Waals surface area contributed by atoms with Gasteiger partial charge in [-0.25, -0.2) is 13.4 Å². The molecule has 1 aliphatic heterocycles. The monoisotopic (exact) mass is 485 g/mol. The molecule has 2 aromatic heterocycles. The van der Waals surface area contributed by atoms with Crippen molar-refractivity contribution < 1.29 is 18.0 Å². The third-order valence-electron chi connectivity index (χ3n) is 5.79. The van der Waals surface area contributed by atoms with Gasteiger partial charge in [-0.15, -0.1) is 11.3 Å². The molecule has 0 atom stereocenters.